The Morgan fingerprint density at radius 1 is 1.05 bits per heavy atom. The van der Waals surface area contributed by atoms with Crippen molar-refractivity contribution in [2.45, 2.75) is 78.8 Å². The van der Waals surface area contributed by atoms with E-state index < -0.39 is 36.4 Å². The number of methoxy groups -OCH3 is 1. The van der Waals surface area contributed by atoms with Crippen LogP contribution in [0.15, 0.2) is 89.1 Å². The molecule has 2 amide bonds. The first kappa shape index (κ1) is 35.0. The molecule has 0 bridgehead atoms. The summed E-state index contributed by atoms with van der Waals surface area (Å²) in [4.78, 5) is 48.7. The molecule has 0 aromatic heterocycles. The van der Waals surface area contributed by atoms with Crippen molar-refractivity contribution >= 4 is 24.3 Å². The normalized spacial score (nSPS) is 17.0. The van der Waals surface area contributed by atoms with E-state index in [4.69, 9.17) is 9.47 Å². The summed E-state index contributed by atoms with van der Waals surface area (Å²) in [6.45, 7) is 10.8. The van der Waals surface area contributed by atoms with Crippen LogP contribution in [0.4, 0.5) is 0 Å². The number of benzene rings is 1. The van der Waals surface area contributed by atoms with Crippen LogP contribution in [0, 0.1) is 5.41 Å². The molecule has 1 aromatic carbocycles. The molecular formula is C35H46N2O6. The lowest BCUT2D eigenvalue weighted by Gasteiger charge is -2.32. The van der Waals surface area contributed by atoms with Crippen LogP contribution in [0.2, 0.25) is 0 Å². The Labute approximate surface area is 256 Å². The van der Waals surface area contributed by atoms with Gasteiger partial charge in [0.2, 0.25) is 12.3 Å². The largest absolute Gasteiger partial charge is 0.467 e. The summed E-state index contributed by atoms with van der Waals surface area (Å²) in [6, 6.07) is 6.91. The fourth-order valence-corrected chi connectivity index (χ4v) is 4.96. The molecule has 2 atom stereocenters. The number of hydrogen-bond donors (Lipinski definition) is 2. The second kappa shape index (κ2) is 17.7. The molecule has 0 heterocycles. The zero-order valence-electron chi connectivity index (χ0n) is 26.3. The number of ether oxygens (including phenoxy) is 2. The third-order valence-corrected chi connectivity index (χ3v) is 7.46. The third-order valence-electron chi connectivity index (χ3n) is 7.46. The summed E-state index contributed by atoms with van der Waals surface area (Å²) >= 11 is 0. The number of nitrogens with one attached hydrogen (secondary N) is 2. The van der Waals surface area contributed by atoms with Crippen molar-refractivity contribution in [2.24, 2.45) is 5.41 Å². The molecule has 0 unspecified atom stereocenters. The first-order chi connectivity index (χ1) is 20.5. The van der Waals surface area contributed by atoms with E-state index in [0.717, 1.165) is 23.1 Å². The number of amides is 2. The number of hydrogen-bond acceptors (Lipinski definition) is 6. The van der Waals surface area contributed by atoms with Crippen molar-refractivity contribution in [3.63, 3.8) is 0 Å². The molecule has 43 heavy (non-hydrogen) atoms. The van der Waals surface area contributed by atoms with Gasteiger partial charge in [-0.3, -0.25) is 14.4 Å². The van der Waals surface area contributed by atoms with E-state index >= 15 is 0 Å². The highest BCUT2D eigenvalue weighted by molar-refractivity contribution is 5.91. The molecule has 8 heteroatoms. The smallest absolute Gasteiger partial charge is 0.328 e. The van der Waals surface area contributed by atoms with Gasteiger partial charge >= 0.3 is 11.9 Å². The van der Waals surface area contributed by atoms with E-state index in [1.807, 2.05) is 55.5 Å². The topological polar surface area (TPSA) is 111 Å². The van der Waals surface area contributed by atoms with Crippen molar-refractivity contribution in [1.82, 2.24) is 10.6 Å². The van der Waals surface area contributed by atoms with Gasteiger partial charge in [-0.25, -0.2) is 4.79 Å². The van der Waals surface area contributed by atoms with Crippen molar-refractivity contribution in [2.75, 3.05) is 13.7 Å². The minimum atomic E-state index is -1.21. The predicted molar refractivity (Wildman–Crippen MR) is 169 cm³/mol. The van der Waals surface area contributed by atoms with E-state index in [0.29, 0.717) is 6.41 Å². The second-order valence-corrected chi connectivity index (χ2v) is 11.5. The van der Waals surface area contributed by atoms with Gasteiger partial charge in [-0.05, 0) is 62.7 Å². The molecular weight excluding hydrogens is 544 g/mol. The maximum absolute atomic E-state index is 12.8. The quantitative estimate of drug-likeness (QED) is 0.159. The molecule has 0 aliphatic heterocycles. The molecule has 2 rings (SSSR count). The van der Waals surface area contributed by atoms with Crippen LogP contribution < -0.4 is 10.6 Å². The molecule has 0 spiro atoms. The Kier molecular flexibility index (Phi) is 14.4. The van der Waals surface area contributed by atoms with Crippen LogP contribution in [0.1, 0.15) is 65.9 Å². The lowest BCUT2D eigenvalue weighted by atomic mass is 9.72. The molecule has 2 N–H and O–H groups in total. The van der Waals surface area contributed by atoms with Crippen LogP contribution in [-0.4, -0.2) is 50.1 Å². The van der Waals surface area contributed by atoms with Gasteiger partial charge < -0.3 is 20.1 Å². The minimum Gasteiger partial charge on any atom is -0.467 e. The van der Waals surface area contributed by atoms with Gasteiger partial charge in [0.15, 0.2) is 0 Å². The summed E-state index contributed by atoms with van der Waals surface area (Å²) in [5.41, 5.74) is 5.93. The number of allylic oxidation sites excluding steroid dienone is 9. The number of rotatable bonds is 15. The van der Waals surface area contributed by atoms with Gasteiger partial charge in [0, 0.05) is 6.42 Å². The lowest BCUT2D eigenvalue weighted by Crippen LogP contribution is -2.51. The van der Waals surface area contributed by atoms with Crippen LogP contribution in [0.5, 0.6) is 0 Å². The molecule has 0 saturated heterocycles. The molecule has 0 radical (unpaired) electrons. The van der Waals surface area contributed by atoms with E-state index in [-0.39, 0.29) is 18.4 Å². The highest BCUT2D eigenvalue weighted by Crippen LogP contribution is 2.40. The lowest BCUT2D eigenvalue weighted by molar-refractivity contribution is -0.146. The fraction of sp³-hybridized carbons (Fsp3) is 0.429. The van der Waals surface area contributed by atoms with Gasteiger partial charge in [-0.15, -0.1) is 0 Å². The summed E-state index contributed by atoms with van der Waals surface area (Å²) in [6.07, 6.45) is 15.8. The molecule has 0 saturated carbocycles. The zero-order valence-corrected chi connectivity index (χ0v) is 26.3. The van der Waals surface area contributed by atoms with Gasteiger partial charge in [0.1, 0.15) is 18.7 Å². The van der Waals surface area contributed by atoms with Crippen LogP contribution in [0.25, 0.3) is 0 Å². The first-order valence-corrected chi connectivity index (χ1v) is 14.6. The van der Waals surface area contributed by atoms with Crippen molar-refractivity contribution in [3.05, 3.63) is 94.6 Å². The Hall–Kier alpha value is -4.20. The Morgan fingerprint density at radius 3 is 2.42 bits per heavy atom. The molecule has 1 aliphatic rings. The second-order valence-electron chi connectivity index (χ2n) is 11.5. The number of esters is 2. The minimum absolute atomic E-state index is 0.00828. The average Bonchev–Trinajstić information content (AvgIpc) is 2.96. The van der Waals surface area contributed by atoms with Crippen LogP contribution in [0.3, 0.4) is 0 Å². The molecule has 8 nitrogen and oxygen atoms in total. The van der Waals surface area contributed by atoms with Gasteiger partial charge in [-0.2, -0.15) is 0 Å². The summed E-state index contributed by atoms with van der Waals surface area (Å²) in [5, 5.41) is 4.90. The van der Waals surface area contributed by atoms with Gasteiger partial charge in [0.05, 0.1) is 13.5 Å². The van der Waals surface area contributed by atoms with Crippen molar-refractivity contribution in [1.29, 1.82) is 0 Å². The van der Waals surface area contributed by atoms with Crippen molar-refractivity contribution in [3.8, 4) is 0 Å². The van der Waals surface area contributed by atoms with Gasteiger partial charge in [-0.1, -0.05) is 91.3 Å². The maximum atomic E-state index is 12.8. The maximum Gasteiger partial charge on any atom is 0.328 e. The summed E-state index contributed by atoms with van der Waals surface area (Å²) < 4.78 is 10.1. The third kappa shape index (κ3) is 12.3. The SMILES string of the molecule is COC(=O)[C@H](Cc1ccccc1)NC(=O)[C@H](CC(=O)OCC=C(C)C=CC=C(C)C=CC1=C(C)CCCC1(C)C)NC=O. The van der Waals surface area contributed by atoms with Crippen LogP contribution in [-0.2, 0) is 35.1 Å². The Balaban J connectivity index is 1.90. The summed E-state index contributed by atoms with van der Waals surface area (Å²) in [7, 11) is 1.22. The van der Waals surface area contributed by atoms with E-state index in [1.54, 1.807) is 6.08 Å². The summed E-state index contributed by atoms with van der Waals surface area (Å²) in [5.74, 6) is -2.00. The van der Waals surface area contributed by atoms with E-state index in [9.17, 15) is 19.2 Å². The predicted octanol–water partition coefficient (Wildman–Crippen LogP) is 5.47. The van der Waals surface area contributed by atoms with E-state index in [1.165, 1.54) is 31.1 Å². The molecule has 232 valence electrons. The molecule has 1 aromatic rings. The highest BCUT2D eigenvalue weighted by Gasteiger charge is 2.28. The zero-order chi connectivity index (χ0) is 31.8. The molecule has 0 fully saturated rings. The van der Waals surface area contributed by atoms with E-state index in [2.05, 4.69) is 50.5 Å². The van der Waals surface area contributed by atoms with Gasteiger partial charge in [0.25, 0.3) is 0 Å². The van der Waals surface area contributed by atoms with Crippen LogP contribution >= 0.6 is 0 Å². The standard InChI is InChI=1S/C35H46N2O6/c1-25(17-18-29-27(3)14-11-20-35(29,4)5)12-10-13-26(2)19-21-43-32(39)23-30(36-24-38)33(40)37-31(34(41)42-6)22-28-15-8-7-9-16-28/h7-10,12-13,15-19,24,30-31H,11,14,20-23H2,1-6H3,(H,36,38)(H,37,40)/t30-,31-/m0/s1. The Morgan fingerprint density at radius 2 is 1.77 bits per heavy atom. The Bertz CT molecular complexity index is 1270. The highest BCUT2D eigenvalue weighted by atomic mass is 16.5. The first-order valence-electron chi connectivity index (χ1n) is 14.6. The monoisotopic (exact) mass is 590 g/mol. The average molecular weight is 591 g/mol. The fourth-order valence-electron chi connectivity index (χ4n) is 4.96. The van der Waals surface area contributed by atoms with Crippen molar-refractivity contribution < 1.29 is 28.7 Å². The number of carbonyl (C=O) groups is 4. The number of carbonyl (C=O) groups excluding carboxylic acids is 4. The molecule has 1 aliphatic carbocycles.